The second kappa shape index (κ2) is 12.1. The first-order valence-corrected chi connectivity index (χ1v) is 17.4. The van der Waals surface area contributed by atoms with Gasteiger partial charge in [-0.1, -0.05) is 25.0 Å². The van der Waals surface area contributed by atoms with E-state index in [9.17, 15) is 22.8 Å². The number of nitrogens with zero attached hydrogens (tertiary/aromatic N) is 3. The maximum Gasteiger partial charge on any atom is 0.259 e. The normalized spacial score (nSPS) is 30.2. The molecule has 13 nitrogen and oxygen atoms in total. The number of ether oxygens (including phenoxy) is 2. The van der Waals surface area contributed by atoms with E-state index in [1.165, 1.54) is 4.90 Å². The predicted octanol–water partition coefficient (Wildman–Crippen LogP) is 2.02. The minimum atomic E-state index is -3.93. The van der Waals surface area contributed by atoms with E-state index in [1.807, 2.05) is 12.2 Å². The molecule has 0 bridgehead atoms. The van der Waals surface area contributed by atoms with Crippen LogP contribution in [0.4, 0.5) is 0 Å². The van der Waals surface area contributed by atoms with E-state index < -0.39 is 50.3 Å². The number of carbonyl (C=O) groups is 3. The van der Waals surface area contributed by atoms with Gasteiger partial charge < -0.3 is 25.4 Å². The highest BCUT2D eigenvalue weighted by Gasteiger charge is 2.63. The van der Waals surface area contributed by atoms with Gasteiger partial charge in [-0.05, 0) is 64.5 Å². The molecular weight excluding hydrogens is 612 g/mol. The van der Waals surface area contributed by atoms with Gasteiger partial charge >= 0.3 is 0 Å². The molecule has 3 amide bonds. The lowest BCUT2D eigenvalue weighted by Gasteiger charge is -2.28. The largest absolute Gasteiger partial charge is 0.497 e. The zero-order valence-electron chi connectivity index (χ0n) is 26.5. The van der Waals surface area contributed by atoms with E-state index in [-0.39, 0.29) is 37.1 Å². The topological polar surface area (TPSA) is 183 Å². The van der Waals surface area contributed by atoms with Crippen molar-refractivity contribution in [3.05, 3.63) is 36.0 Å². The monoisotopic (exact) mass is 654 g/mol. The minimum absolute atomic E-state index is 0.0805. The quantitative estimate of drug-likeness (QED) is 0.390. The molecule has 46 heavy (non-hydrogen) atoms. The summed E-state index contributed by atoms with van der Waals surface area (Å²) in [6, 6.07) is 3.55. The molecule has 2 aliphatic carbocycles. The van der Waals surface area contributed by atoms with Gasteiger partial charge in [-0.3, -0.25) is 19.1 Å². The molecule has 248 valence electrons. The van der Waals surface area contributed by atoms with E-state index in [2.05, 4.69) is 20.0 Å². The first-order chi connectivity index (χ1) is 21.9. The van der Waals surface area contributed by atoms with Gasteiger partial charge in [-0.2, -0.15) is 0 Å². The fourth-order valence-electron chi connectivity index (χ4n) is 6.34. The van der Waals surface area contributed by atoms with Crippen LogP contribution in [-0.2, 0) is 24.4 Å². The molecule has 14 heteroatoms. The van der Waals surface area contributed by atoms with Crippen LogP contribution in [0.1, 0.15) is 70.4 Å². The Morgan fingerprint density at radius 1 is 1.15 bits per heavy atom. The van der Waals surface area contributed by atoms with Gasteiger partial charge in [0.05, 0.1) is 35.5 Å². The number of amides is 3. The Hall–Kier alpha value is -3.78. The highest BCUT2D eigenvalue weighted by molar-refractivity contribution is 7.91. The van der Waals surface area contributed by atoms with Crippen molar-refractivity contribution in [1.82, 2.24) is 24.9 Å². The number of methoxy groups -OCH3 is 1. The Morgan fingerprint density at radius 2 is 1.93 bits per heavy atom. The third kappa shape index (κ3) is 6.16. The van der Waals surface area contributed by atoms with Crippen LogP contribution in [0.2, 0.25) is 0 Å². The SMILES string of the molecule is COc1ccc2nc(C)c(O[C@@H]3C[C@H]4C(=O)N[C@]5(C(=O)NS(=O)(=O)C6(C)CC6)CC5/C=C\CCCCC[C@H](N)C(=O)N4C3)nc2c1. The van der Waals surface area contributed by atoms with Crippen LogP contribution in [-0.4, -0.2) is 83.1 Å². The van der Waals surface area contributed by atoms with Gasteiger partial charge in [0.2, 0.25) is 27.7 Å². The Labute approximate surface area is 268 Å². The second-order valence-corrected chi connectivity index (χ2v) is 15.5. The number of fused-ring (bicyclic) bond motifs is 3. The van der Waals surface area contributed by atoms with Gasteiger partial charge in [-0.25, -0.2) is 18.4 Å². The van der Waals surface area contributed by atoms with Crippen molar-refractivity contribution in [3.63, 3.8) is 0 Å². The van der Waals surface area contributed by atoms with Crippen LogP contribution < -0.4 is 25.2 Å². The van der Waals surface area contributed by atoms with Crippen LogP contribution in [0.15, 0.2) is 30.4 Å². The number of hydrogen-bond acceptors (Lipinski definition) is 10. The molecule has 0 spiro atoms. The lowest BCUT2D eigenvalue weighted by atomic mass is 10.1. The van der Waals surface area contributed by atoms with E-state index in [0.717, 1.165) is 25.7 Å². The van der Waals surface area contributed by atoms with Crippen molar-refractivity contribution in [2.24, 2.45) is 11.7 Å². The van der Waals surface area contributed by atoms with Crippen LogP contribution in [0.5, 0.6) is 11.6 Å². The summed E-state index contributed by atoms with van der Waals surface area (Å²) in [5.41, 5.74) is 6.69. The number of rotatable bonds is 6. The molecule has 4 N–H and O–H groups in total. The van der Waals surface area contributed by atoms with Gasteiger partial charge in [0.25, 0.3) is 5.91 Å². The van der Waals surface area contributed by atoms with Crippen LogP contribution in [0, 0.1) is 12.8 Å². The fraction of sp³-hybridized carbons (Fsp3) is 0.594. The molecule has 2 aromatic rings. The predicted molar refractivity (Wildman–Crippen MR) is 169 cm³/mol. The first kappa shape index (κ1) is 32.2. The van der Waals surface area contributed by atoms with Crippen LogP contribution in [0.25, 0.3) is 11.0 Å². The number of hydrogen-bond donors (Lipinski definition) is 3. The Kier molecular flexibility index (Phi) is 8.47. The molecule has 2 saturated carbocycles. The lowest BCUT2D eigenvalue weighted by Crippen LogP contribution is -2.58. The summed E-state index contributed by atoms with van der Waals surface area (Å²) >= 11 is 0. The first-order valence-electron chi connectivity index (χ1n) is 16.0. The molecule has 1 unspecified atom stereocenters. The number of nitrogens with one attached hydrogen (secondary N) is 2. The van der Waals surface area contributed by atoms with E-state index in [1.54, 1.807) is 39.2 Å². The summed E-state index contributed by atoms with van der Waals surface area (Å²) in [5, 5.41) is 2.87. The molecule has 3 heterocycles. The summed E-state index contributed by atoms with van der Waals surface area (Å²) in [7, 11) is -2.37. The van der Waals surface area contributed by atoms with Crippen molar-refractivity contribution in [2.45, 2.75) is 100 Å². The van der Waals surface area contributed by atoms with Crippen molar-refractivity contribution in [3.8, 4) is 11.6 Å². The number of aryl methyl sites for hydroxylation is 1. The smallest absolute Gasteiger partial charge is 0.259 e. The van der Waals surface area contributed by atoms with Crippen LogP contribution in [0.3, 0.4) is 0 Å². The molecule has 1 aromatic heterocycles. The summed E-state index contributed by atoms with van der Waals surface area (Å²) in [4.78, 5) is 52.0. The maximum atomic E-state index is 14.0. The van der Waals surface area contributed by atoms with E-state index in [4.69, 9.17) is 15.2 Å². The summed E-state index contributed by atoms with van der Waals surface area (Å²) in [6.07, 6.45) is 8.29. The van der Waals surface area contributed by atoms with Crippen molar-refractivity contribution in [2.75, 3.05) is 13.7 Å². The van der Waals surface area contributed by atoms with Crippen molar-refractivity contribution < 1.29 is 32.3 Å². The zero-order valence-corrected chi connectivity index (χ0v) is 27.3. The minimum Gasteiger partial charge on any atom is -0.497 e. The zero-order chi connectivity index (χ0) is 32.9. The number of carbonyl (C=O) groups excluding carboxylic acids is 3. The molecule has 4 aliphatic rings. The standard InChI is InChI=1S/C32H42N6O7S/c1-19-28(35-25-15-21(44-3)11-12-24(25)34-19)45-22-16-26-27(39)36-32(30(41)37-46(42,43)31(2)13-14-31)17-20(32)9-7-5-4-6-8-10-23(33)29(40)38(26)18-22/h7,9,11-12,15,20,22-23,26H,4-6,8,10,13-14,16-18,33H2,1-3H3,(H,36,39)(H,37,41)/b9-7-/t20?,22-,23+,26+,32-/m1/s1. The fourth-order valence-corrected chi connectivity index (χ4v) is 7.66. The number of benzene rings is 1. The van der Waals surface area contributed by atoms with E-state index in [0.29, 0.717) is 41.7 Å². The number of allylic oxidation sites excluding steroid dienone is 1. The molecule has 6 rings (SSSR count). The number of aromatic nitrogens is 2. The third-order valence-electron chi connectivity index (χ3n) is 9.80. The molecule has 1 aromatic carbocycles. The van der Waals surface area contributed by atoms with E-state index >= 15 is 0 Å². The lowest BCUT2D eigenvalue weighted by molar-refractivity contribution is -0.140. The Balaban J connectivity index is 1.27. The Morgan fingerprint density at radius 3 is 2.67 bits per heavy atom. The van der Waals surface area contributed by atoms with Crippen molar-refractivity contribution in [1.29, 1.82) is 0 Å². The summed E-state index contributed by atoms with van der Waals surface area (Å²) in [6.45, 7) is 3.45. The van der Waals surface area contributed by atoms with Crippen molar-refractivity contribution >= 4 is 38.8 Å². The maximum absolute atomic E-state index is 14.0. The molecule has 2 aliphatic heterocycles. The molecule has 3 fully saturated rings. The molecular formula is C32H42N6O7S. The number of sulfonamides is 1. The van der Waals surface area contributed by atoms with Gasteiger partial charge in [0.1, 0.15) is 29.1 Å². The van der Waals surface area contributed by atoms with Gasteiger partial charge in [-0.15, -0.1) is 0 Å². The van der Waals surface area contributed by atoms with Gasteiger partial charge in [0, 0.05) is 18.4 Å². The third-order valence-corrected chi connectivity index (χ3v) is 12.0. The average molecular weight is 655 g/mol. The second-order valence-electron chi connectivity index (χ2n) is 13.3. The average Bonchev–Trinajstić information content (AvgIpc) is 3.90. The molecule has 5 atom stereocenters. The highest BCUT2D eigenvalue weighted by Crippen LogP contribution is 2.47. The molecule has 1 saturated heterocycles. The summed E-state index contributed by atoms with van der Waals surface area (Å²) < 4.78 is 38.8. The Bertz CT molecular complexity index is 1690. The highest BCUT2D eigenvalue weighted by atomic mass is 32.2. The summed E-state index contributed by atoms with van der Waals surface area (Å²) in [5.74, 6) is -1.19. The van der Waals surface area contributed by atoms with Gasteiger partial charge in [0.15, 0.2) is 0 Å². The van der Waals surface area contributed by atoms with Crippen LogP contribution >= 0.6 is 0 Å². The number of nitrogens with two attached hydrogens (primary N) is 1. The molecule has 0 radical (unpaired) electrons.